The molecule has 0 atom stereocenters. The Morgan fingerprint density at radius 2 is 2.14 bits per heavy atom. The average molecular weight is 302 g/mol. The van der Waals surface area contributed by atoms with E-state index in [1.807, 2.05) is 26.1 Å². The molecule has 0 radical (unpaired) electrons. The summed E-state index contributed by atoms with van der Waals surface area (Å²) in [7, 11) is 1.99. The molecule has 21 heavy (non-hydrogen) atoms. The zero-order valence-electron chi connectivity index (χ0n) is 11.7. The summed E-state index contributed by atoms with van der Waals surface area (Å²) in [5.41, 5.74) is 1.79. The molecule has 3 heterocycles. The van der Waals surface area contributed by atoms with Crippen LogP contribution in [0.3, 0.4) is 0 Å². The molecule has 0 aliphatic carbocycles. The van der Waals surface area contributed by atoms with Crippen molar-refractivity contribution in [3.63, 3.8) is 0 Å². The number of hydrogen-bond donors (Lipinski definition) is 0. The quantitative estimate of drug-likeness (QED) is 0.712. The molecule has 0 amide bonds. The third kappa shape index (κ3) is 3.29. The molecule has 0 aromatic carbocycles. The van der Waals surface area contributed by atoms with Gasteiger partial charge in [-0.15, -0.1) is 15.3 Å². The molecule has 3 rings (SSSR count). The Balaban J connectivity index is 1.66. The van der Waals surface area contributed by atoms with E-state index in [0.29, 0.717) is 18.3 Å². The summed E-state index contributed by atoms with van der Waals surface area (Å²) >= 11 is 1.41. The van der Waals surface area contributed by atoms with Crippen LogP contribution in [0, 0.1) is 6.92 Å². The van der Waals surface area contributed by atoms with Gasteiger partial charge >= 0.3 is 0 Å². The van der Waals surface area contributed by atoms with Crippen LogP contribution in [0.1, 0.15) is 16.5 Å². The second-order valence-corrected chi connectivity index (χ2v) is 5.54. The van der Waals surface area contributed by atoms with Crippen molar-refractivity contribution in [3.05, 3.63) is 41.0 Å². The van der Waals surface area contributed by atoms with Gasteiger partial charge in [-0.3, -0.25) is 9.88 Å². The monoisotopic (exact) mass is 302 g/mol. The van der Waals surface area contributed by atoms with Crippen molar-refractivity contribution in [1.82, 2.24) is 29.7 Å². The molecule has 0 spiro atoms. The topological polar surface area (TPSA) is 80.8 Å². The number of aromatic nitrogens is 5. The maximum atomic E-state index is 5.66. The molecule has 8 heteroatoms. The summed E-state index contributed by atoms with van der Waals surface area (Å²) in [5.74, 6) is 1.06. The summed E-state index contributed by atoms with van der Waals surface area (Å²) in [6, 6.07) is 3.73. The minimum absolute atomic E-state index is 0.488. The van der Waals surface area contributed by atoms with E-state index in [0.717, 1.165) is 22.7 Å². The molecule has 3 aromatic rings. The van der Waals surface area contributed by atoms with Gasteiger partial charge < -0.3 is 4.42 Å². The van der Waals surface area contributed by atoms with Crippen LogP contribution in [-0.4, -0.2) is 36.7 Å². The average Bonchev–Trinajstić information content (AvgIpc) is 3.10. The van der Waals surface area contributed by atoms with Gasteiger partial charge in [0.1, 0.15) is 0 Å². The van der Waals surface area contributed by atoms with Crippen LogP contribution >= 0.6 is 11.5 Å². The SMILES string of the molecule is Cc1nnsc1CN(C)Cc1nnc(-c2cccnc2)o1. The van der Waals surface area contributed by atoms with Gasteiger partial charge in [0.05, 0.1) is 22.7 Å². The predicted octanol–water partition coefficient (Wildman–Crippen LogP) is 1.92. The first-order valence-electron chi connectivity index (χ1n) is 6.41. The maximum absolute atomic E-state index is 5.66. The third-order valence-electron chi connectivity index (χ3n) is 2.94. The van der Waals surface area contributed by atoms with Gasteiger partial charge in [0.2, 0.25) is 11.8 Å². The highest BCUT2D eigenvalue weighted by molar-refractivity contribution is 7.05. The first-order valence-corrected chi connectivity index (χ1v) is 7.19. The first kappa shape index (κ1) is 13.8. The van der Waals surface area contributed by atoms with Crippen LogP contribution in [-0.2, 0) is 13.1 Å². The van der Waals surface area contributed by atoms with Crippen LogP contribution in [0.25, 0.3) is 11.5 Å². The highest BCUT2D eigenvalue weighted by Crippen LogP contribution is 2.17. The van der Waals surface area contributed by atoms with Gasteiger partial charge in [0.25, 0.3) is 0 Å². The molecule has 0 saturated carbocycles. The van der Waals surface area contributed by atoms with E-state index in [4.69, 9.17) is 4.42 Å². The van der Waals surface area contributed by atoms with Crippen LogP contribution in [0.5, 0.6) is 0 Å². The van der Waals surface area contributed by atoms with Gasteiger partial charge in [0.15, 0.2) is 0 Å². The molecule has 0 fully saturated rings. The molecule has 108 valence electrons. The van der Waals surface area contributed by atoms with Crippen molar-refractivity contribution in [2.45, 2.75) is 20.0 Å². The van der Waals surface area contributed by atoms with Gasteiger partial charge in [-0.2, -0.15) is 0 Å². The van der Waals surface area contributed by atoms with E-state index in [1.165, 1.54) is 11.5 Å². The van der Waals surface area contributed by atoms with Crippen LogP contribution in [0.2, 0.25) is 0 Å². The van der Waals surface area contributed by atoms with Crippen molar-refractivity contribution in [2.24, 2.45) is 0 Å². The molecular weight excluding hydrogens is 288 g/mol. The fourth-order valence-electron chi connectivity index (χ4n) is 1.85. The lowest BCUT2D eigenvalue weighted by molar-refractivity contribution is 0.284. The number of pyridine rings is 1. The number of aryl methyl sites for hydroxylation is 1. The molecule has 0 aliphatic heterocycles. The van der Waals surface area contributed by atoms with Crippen molar-refractivity contribution in [3.8, 4) is 11.5 Å². The highest BCUT2D eigenvalue weighted by Gasteiger charge is 2.12. The summed E-state index contributed by atoms with van der Waals surface area (Å²) < 4.78 is 9.59. The molecule has 0 unspecified atom stereocenters. The highest BCUT2D eigenvalue weighted by atomic mass is 32.1. The van der Waals surface area contributed by atoms with Crippen molar-refractivity contribution < 1.29 is 4.42 Å². The molecular formula is C13H14N6OS. The Bertz CT molecular complexity index is 710. The Hall–Kier alpha value is -2.19. The minimum atomic E-state index is 0.488. The first-order chi connectivity index (χ1) is 10.2. The maximum Gasteiger partial charge on any atom is 0.249 e. The standard InChI is InChI=1S/C13H14N6OS/c1-9-11(21-18-15-9)7-19(2)8-12-16-17-13(20-12)10-4-3-5-14-6-10/h3-6H,7-8H2,1-2H3. The second-order valence-electron chi connectivity index (χ2n) is 4.70. The normalized spacial score (nSPS) is 11.2. The largest absolute Gasteiger partial charge is 0.419 e. The van der Waals surface area contributed by atoms with Gasteiger partial charge in [-0.1, -0.05) is 4.49 Å². The van der Waals surface area contributed by atoms with Crippen molar-refractivity contribution >= 4 is 11.5 Å². The zero-order valence-corrected chi connectivity index (χ0v) is 12.5. The smallest absolute Gasteiger partial charge is 0.249 e. The molecule has 7 nitrogen and oxygen atoms in total. The van der Waals surface area contributed by atoms with Crippen LogP contribution in [0.4, 0.5) is 0 Å². The van der Waals surface area contributed by atoms with Crippen LogP contribution in [0.15, 0.2) is 28.9 Å². The van der Waals surface area contributed by atoms with Crippen molar-refractivity contribution in [1.29, 1.82) is 0 Å². The minimum Gasteiger partial charge on any atom is -0.419 e. The predicted molar refractivity (Wildman–Crippen MR) is 77.3 cm³/mol. The number of rotatable bonds is 5. The van der Waals surface area contributed by atoms with Gasteiger partial charge in [-0.25, -0.2) is 0 Å². The lowest BCUT2D eigenvalue weighted by atomic mass is 10.3. The van der Waals surface area contributed by atoms with E-state index in [9.17, 15) is 0 Å². The summed E-state index contributed by atoms with van der Waals surface area (Å²) in [6.45, 7) is 3.29. The van der Waals surface area contributed by atoms with Gasteiger partial charge in [-0.05, 0) is 37.6 Å². The number of hydrogen-bond acceptors (Lipinski definition) is 8. The lowest BCUT2D eigenvalue weighted by Crippen LogP contribution is -2.17. The lowest BCUT2D eigenvalue weighted by Gasteiger charge is -2.12. The summed E-state index contributed by atoms with van der Waals surface area (Å²) in [6.07, 6.45) is 3.41. The summed E-state index contributed by atoms with van der Waals surface area (Å²) in [5, 5.41) is 12.1. The van der Waals surface area contributed by atoms with E-state index in [-0.39, 0.29) is 0 Å². The Morgan fingerprint density at radius 1 is 1.24 bits per heavy atom. The molecule has 0 aliphatic rings. The Morgan fingerprint density at radius 3 is 2.86 bits per heavy atom. The Labute approximate surface area is 125 Å². The fraction of sp³-hybridized carbons (Fsp3) is 0.308. The molecule has 0 bridgehead atoms. The molecule has 0 N–H and O–H groups in total. The second kappa shape index (κ2) is 6.06. The van der Waals surface area contributed by atoms with Crippen LogP contribution < -0.4 is 0 Å². The Kier molecular flexibility index (Phi) is 3.98. The zero-order chi connectivity index (χ0) is 14.7. The number of nitrogens with zero attached hydrogens (tertiary/aromatic N) is 6. The van der Waals surface area contributed by atoms with E-state index in [2.05, 4.69) is 29.7 Å². The van der Waals surface area contributed by atoms with E-state index < -0.39 is 0 Å². The van der Waals surface area contributed by atoms with E-state index in [1.54, 1.807) is 12.4 Å². The van der Waals surface area contributed by atoms with E-state index >= 15 is 0 Å². The fourth-order valence-corrected chi connectivity index (χ4v) is 2.56. The van der Waals surface area contributed by atoms with Crippen molar-refractivity contribution in [2.75, 3.05) is 7.05 Å². The van der Waals surface area contributed by atoms with Gasteiger partial charge in [0, 0.05) is 18.9 Å². The third-order valence-corrected chi connectivity index (χ3v) is 3.75. The molecule has 3 aromatic heterocycles. The molecule has 0 saturated heterocycles. The summed E-state index contributed by atoms with van der Waals surface area (Å²) in [4.78, 5) is 7.27.